The number of nitrogens with zero attached hydrogens (tertiary/aromatic N) is 3. The van der Waals surface area contributed by atoms with Crippen LogP contribution in [-0.2, 0) is 6.18 Å². The average molecular weight is 381 g/mol. The first-order valence-corrected chi connectivity index (χ1v) is 8.78. The minimum atomic E-state index is -4.53. The van der Waals surface area contributed by atoms with E-state index >= 15 is 0 Å². The summed E-state index contributed by atoms with van der Waals surface area (Å²) >= 11 is 0. The van der Waals surface area contributed by atoms with Crippen molar-refractivity contribution in [1.82, 2.24) is 15.1 Å². The predicted octanol–water partition coefficient (Wildman–Crippen LogP) is 3.55. The van der Waals surface area contributed by atoms with Gasteiger partial charge in [-0.2, -0.15) is 18.3 Å². The van der Waals surface area contributed by atoms with E-state index in [2.05, 4.69) is 15.1 Å². The van der Waals surface area contributed by atoms with Gasteiger partial charge in [0.05, 0.1) is 17.0 Å². The molecule has 2 N–H and O–H groups in total. The summed E-state index contributed by atoms with van der Waals surface area (Å²) in [5.74, 6) is -0.452. The maximum atomic E-state index is 12.8. The summed E-state index contributed by atoms with van der Waals surface area (Å²) in [4.78, 5) is 2.16. The van der Waals surface area contributed by atoms with Gasteiger partial charge in [-0.15, -0.1) is 5.10 Å². The lowest BCUT2D eigenvalue weighted by molar-refractivity contribution is -0.137. The Kier molecular flexibility index (Phi) is 5.39. The first-order valence-electron chi connectivity index (χ1n) is 8.78. The maximum Gasteiger partial charge on any atom is 0.416 e. The molecule has 0 bridgehead atoms. The molecule has 8 heteroatoms. The zero-order valence-electron chi connectivity index (χ0n) is 15.2. The molecule has 2 atom stereocenters. The molecule has 1 aliphatic heterocycles. The molecule has 146 valence electrons. The third-order valence-electron chi connectivity index (χ3n) is 4.99. The zero-order chi connectivity index (χ0) is 19.8. The Balaban J connectivity index is 1.87. The van der Waals surface area contributed by atoms with Crippen LogP contribution >= 0.6 is 0 Å². The van der Waals surface area contributed by atoms with Crippen molar-refractivity contribution in [1.29, 1.82) is 0 Å². The van der Waals surface area contributed by atoms with Crippen LogP contribution in [0.1, 0.15) is 35.8 Å². The molecule has 5 nitrogen and oxygen atoms in total. The lowest BCUT2D eigenvalue weighted by Gasteiger charge is -2.32. The Labute approximate surface area is 155 Å². The van der Waals surface area contributed by atoms with Crippen LogP contribution in [0.15, 0.2) is 24.3 Å². The molecule has 1 saturated heterocycles. The number of aliphatic hydroxyl groups excluding tert-OH is 1. The molecule has 1 aliphatic rings. The highest BCUT2D eigenvalue weighted by atomic mass is 19.4. The van der Waals surface area contributed by atoms with E-state index in [9.17, 15) is 23.4 Å². The van der Waals surface area contributed by atoms with Gasteiger partial charge >= 0.3 is 6.18 Å². The molecule has 2 aromatic rings. The van der Waals surface area contributed by atoms with E-state index in [1.54, 1.807) is 13.0 Å². The van der Waals surface area contributed by atoms with Gasteiger partial charge < -0.3 is 15.1 Å². The number of hydrogen-bond donors (Lipinski definition) is 2. The number of piperidine rings is 1. The number of benzene rings is 1. The van der Waals surface area contributed by atoms with Gasteiger partial charge in [0.1, 0.15) is 11.9 Å². The van der Waals surface area contributed by atoms with Crippen LogP contribution in [0.5, 0.6) is 5.75 Å². The highest BCUT2D eigenvalue weighted by Crippen LogP contribution is 2.37. The third kappa shape index (κ3) is 4.22. The Morgan fingerprint density at radius 3 is 2.56 bits per heavy atom. The molecular formula is C19H22F3N3O2. The van der Waals surface area contributed by atoms with Crippen molar-refractivity contribution >= 4 is 0 Å². The molecule has 1 aromatic heterocycles. The maximum absolute atomic E-state index is 12.8. The molecule has 3 rings (SSSR count). The van der Waals surface area contributed by atoms with Crippen LogP contribution in [0, 0.1) is 12.8 Å². The normalized spacial score (nSPS) is 19.9. The number of aliphatic hydroxyl groups is 1. The highest BCUT2D eigenvalue weighted by molar-refractivity contribution is 5.69. The Bertz CT molecular complexity index is 826. The summed E-state index contributed by atoms with van der Waals surface area (Å²) < 4.78 is 38.3. The minimum absolute atomic E-state index is 0.0581. The van der Waals surface area contributed by atoms with Crippen LogP contribution in [0.3, 0.4) is 0 Å². The molecule has 0 saturated carbocycles. The molecular weight excluding hydrogens is 359 g/mol. The van der Waals surface area contributed by atoms with Gasteiger partial charge in [-0.25, -0.2) is 0 Å². The number of likely N-dealkylation sites (tertiary alicyclic amines) is 1. The molecule has 0 aliphatic carbocycles. The SMILES string of the molecule is Cc1cc([C@@H](O)C2CCCN(C)C2)nnc1-c1ccc(C(F)(F)F)cc1O. The first kappa shape index (κ1) is 19.6. The number of phenolic OH excluding ortho intramolecular Hbond substituents is 1. The highest BCUT2D eigenvalue weighted by Gasteiger charge is 2.31. The van der Waals surface area contributed by atoms with Crippen LogP contribution < -0.4 is 0 Å². The number of aryl methyl sites for hydroxylation is 1. The number of rotatable bonds is 3. The Morgan fingerprint density at radius 1 is 1.22 bits per heavy atom. The number of aromatic hydroxyl groups is 1. The van der Waals surface area contributed by atoms with Gasteiger partial charge in [0.15, 0.2) is 0 Å². The third-order valence-corrected chi connectivity index (χ3v) is 4.99. The number of aromatic nitrogens is 2. The molecule has 0 spiro atoms. The average Bonchev–Trinajstić information content (AvgIpc) is 2.60. The number of hydrogen-bond acceptors (Lipinski definition) is 5. The van der Waals surface area contributed by atoms with E-state index in [1.807, 2.05) is 7.05 Å². The molecule has 0 radical (unpaired) electrons. The number of alkyl halides is 3. The molecule has 1 aromatic carbocycles. The Morgan fingerprint density at radius 2 is 1.96 bits per heavy atom. The van der Waals surface area contributed by atoms with Crippen molar-refractivity contribution in [2.45, 2.75) is 32.0 Å². The monoisotopic (exact) mass is 381 g/mol. The van der Waals surface area contributed by atoms with E-state index in [1.165, 1.54) is 6.07 Å². The Hall–Kier alpha value is -2.19. The van der Waals surface area contributed by atoms with Crippen molar-refractivity contribution in [2.24, 2.45) is 5.92 Å². The van der Waals surface area contributed by atoms with E-state index in [-0.39, 0.29) is 17.2 Å². The van der Waals surface area contributed by atoms with E-state index in [0.29, 0.717) is 17.3 Å². The lowest BCUT2D eigenvalue weighted by atomic mass is 9.90. The van der Waals surface area contributed by atoms with E-state index < -0.39 is 23.6 Å². The summed E-state index contributed by atoms with van der Waals surface area (Å²) in [5.41, 5.74) is 0.591. The van der Waals surface area contributed by atoms with Crippen LogP contribution in [-0.4, -0.2) is 45.4 Å². The molecule has 0 amide bonds. The zero-order valence-corrected chi connectivity index (χ0v) is 15.2. The molecule has 1 unspecified atom stereocenters. The second-order valence-electron chi connectivity index (χ2n) is 7.14. The van der Waals surface area contributed by atoms with Gasteiger partial charge in [0, 0.05) is 18.0 Å². The first-order chi connectivity index (χ1) is 12.7. The van der Waals surface area contributed by atoms with Gasteiger partial charge in [0.2, 0.25) is 0 Å². The molecule has 2 heterocycles. The van der Waals surface area contributed by atoms with E-state index in [0.717, 1.165) is 32.0 Å². The van der Waals surface area contributed by atoms with Crippen molar-refractivity contribution in [3.8, 4) is 17.0 Å². The van der Waals surface area contributed by atoms with E-state index in [4.69, 9.17) is 0 Å². The smallest absolute Gasteiger partial charge is 0.416 e. The summed E-state index contributed by atoms with van der Waals surface area (Å²) in [5, 5.41) is 28.8. The topological polar surface area (TPSA) is 69.5 Å². The standard InChI is InChI=1S/C19H22F3N3O2/c1-11-8-15(18(27)12-4-3-7-25(2)10-12)23-24-17(11)14-6-5-13(9-16(14)26)19(20,21)22/h5-6,8-9,12,18,26-27H,3-4,7,10H2,1-2H3/t12?,18-/m0/s1. The number of phenols is 1. The second kappa shape index (κ2) is 7.44. The molecule has 27 heavy (non-hydrogen) atoms. The van der Waals surface area contributed by atoms with Crippen LogP contribution in [0.25, 0.3) is 11.3 Å². The number of halogens is 3. The summed E-state index contributed by atoms with van der Waals surface area (Å²) in [6.07, 6.45) is -3.39. The largest absolute Gasteiger partial charge is 0.507 e. The van der Waals surface area contributed by atoms with Gasteiger partial charge in [0.25, 0.3) is 0 Å². The van der Waals surface area contributed by atoms with Gasteiger partial charge in [-0.05, 0) is 63.2 Å². The lowest BCUT2D eigenvalue weighted by Crippen LogP contribution is -2.35. The summed E-state index contributed by atoms with van der Waals surface area (Å²) in [6, 6.07) is 4.44. The molecule has 1 fully saturated rings. The summed E-state index contributed by atoms with van der Waals surface area (Å²) in [6.45, 7) is 3.49. The fourth-order valence-corrected chi connectivity index (χ4v) is 3.53. The predicted molar refractivity (Wildman–Crippen MR) is 94.1 cm³/mol. The van der Waals surface area contributed by atoms with Crippen molar-refractivity contribution in [3.05, 3.63) is 41.1 Å². The van der Waals surface area contributed by atoms with Crippen molar-refractivity contribution < 1.29 is 23.4 Å². The van der Waals surface area contributed by atoms with Gasteiger partial charge in [-0.1, -0.05) is 0 Å². The second-order valence-corrected chi connectivity index (χ2v) is 7.14. The quantitative estimate of drug-likeness (QED) is 0.851. The van der Waals surface area contributed by atoms with Crippen molar-refractivity contribution in [2.75, 3.05) is 20.1 Å². The fraction of sp³-hybridized carbons (Fsp3) is 0.474. The van der Waals surface area contributed by atoms with Crippen molar-refractivity contribution in [3.63, 3.8) is 0 Å². The van der Waals surface area contributed by atoms with Crippen LogP contribution in [0.4, 0.5) is 13.2 Å². The minimum Gasteiger partial charge on any atom is -0.507 e. The summed E-state index contributed by atoms with van der Waals surface area (Å²) in [7, 11) is 2.01. The van der Waals surface area contributed by atoms with Crippen LogP contribution in [0.2, 0.25) is 0 Å². The fourth-order valence-electron chi connectivity index (χ4n) is 3.53. The van der Waals surface area contributed by atoms with Gasteiger partial charge in [-0.3, -0.25) is 0 Å².